The van der Waals surface area contributed by atoms with E-state index in [9.17, 15) is 18.9 Å². The second-order valence-electron chi connectivity index (χ2n) is 7.15. The fourth-order valence-electron chi connectivity index (χ4n) is 2.78. The first-order valence-electron chi connectivity index (χ1n) is 7.48. The van der Waals surface area contributed by atoms with E-state index in [0.29, 0.717) is 6.42 Å². The van der Waals surface area contributed by atoms with Gasteiger partial charge in [-0.3, -0.25) is 10.1 Å². The van der Waals surface area contributed by atoms with E-state index in [0.717, 1.165) is 11.3 Å². The number of rotatable bonds is 3. The number of anilines is 1. The number of hydrogen-bond acceptors (Lipinski definition) is 3. The first-order chi connectivity index (χ1) is 10.1. The van der Waals surface area contributed by atoms with Crippen LogP contribution < -0.4 is 4.90 Å². The van der Waals surface area contributed by atoms with E-state index in [-0.39, 0.29) is 37.0 Å². The molecule has 0 N–H and O–H groups in total. The molecule has 1 fully saturated rings. The Morgan fingerprint density at radius 2 is 1.86 bits per heavy atom. The van der Waals surface area contributed by atoms with E-state index < -0.39 is 10.8 Å². The lowest BCUT2D eigenvalue weighted by Gasteiger charge is -2.35. The number of halogens is 2. The van der Waals surface area contributed by atoms with Gasteiger partial charge in [0.1, 0.15) is 0 Å². The number of nitrogens with zero attached hydrogens (tertiary/aromatic N) is 2. The number of piperidine rings is 1. The Kier molecular flexibility index (Phi) is 4.40. The lowest BCUT2D eigenvalue weighted by atomic mass is 9.87. The number of benzene rings is 1. The van der Waals surface area contributed by atoms with Crippen LogP contribution in [0.15, 0.2) is 18.2 Å². The average Bonchev–Trinajstić information content (AvgIpc) is 2.37. The molecular formula is C16H22F2N2O2. The van der Waals surface area contributed by atoms with Crippen molar-refractivity contribution in [2.45, 2.75) is 46.0 Å². The summed E-state index contributed by atoms with van der Waals surface area (Å²) < 4.78 is 26.6. The molecule has 0 amide bonds. The third kappa shape index (κ3) is 4.15. The number of nitro groups is 1. The smallest absolute Gasteiger partial charge is 0.269 e. The molecule has 0 saturated carbocycles. The molecule has 122 valence electrons. The van der Waals surface area contributed by atoms with Gasteiger partial charge >= 0.3 is 0 Å². The lowest BCUT2D eigenvalue weighted by Crippen LogP contribution is -2.39. The minimum absolute atomic E-state index is 0.0380. The molecule has 0 radical (unpaired) electrons. The van der Waals surface area contributed by atoms with Crippen molar-refractivity contribution in [3.05, 3.63) is 33.9 Å². The first-order valence-corrected chi connectivity index (χ1v) is 7.48. The largest absolute Gasteiger partial charge is 0.371 e. The van der Waals surface area contributed by atoms with Gasteiger partial charge in [0.15, 0.2) is 0 Å². The Hall–Kier alpha value is -1.72. The summed E-state index contributed by atoms with van der Waals surface area (Å²) in [6.45, 7) is 6.73. The molecule has 1 heterocycles. The third-order valence-electron chi connectivity index (χ3n) is 3.83. The van der Waals surface area contributed by atoms with Gasteiger partial charge in [-0.05, 0) is 23.5 Å². The normalized spacial score (nSPS) is 18.3. The highest BCUT2D eigenvalue weighted by atomic mass is 19.3. The predicted octanol–water partition coefficient (Wildman–Crippen LogP) is 4.42. The molecule has 1 aromatic carbocycles. The fraction of sp³-hybridized carbons (Fsp3) is 0.625. The maximum Gasteiger partial charge on any atom is 0.269 e. The highest BCUT2D eigenvalue weighted by Gasteiger charge is 2.35. The van der Waals surface area contributed by atoms with Crippen LogP contribution in [-0.4, -0.2) is 23.9 Å². The van der Waals surface area contributed by atoms with Gasteiger partial charge in [-0.25, -0.2) is 8.78 Å². The zero-order chi connectivity index (χ0) is 16.5. The Labute approximate surface area is 129 Å². The molecule has 6 heteroatoms. The topological polar surface area (TPSA) is 46.4 Å². The summed E-state index contributed by atoms with van der Waals surface area (Å²) in [5.41, 5.74) is 1.71. The Morgan fingerprint density at radius 1 is 1.27 bits per heavy atom. The molecule has 0 aromatic heterocycles. The zero-order valence-corrected chi connectivity index (χ0v) is 13.2. The monoisotopic (exact) mass is 312 g/mol. The van der Waals surface area contributed by atoms with Crippen LogP contribution in [0.3, 0.4) is 0 Å². The van der Waals surface area contributed by atoms with Crippen LogP contribution in [0.25, 0.3) is 0 Å². The molecule has 22 heavy (non-hydrogen) atoms. The second-order valence-corrected chi connectivity index (χ2v) is 7.15. The minimum Gasteiger partial charge on any atom is -0.371 e. The van der Waals surface area contributed by atoms with Crippen LogP contribution >= 0.6 is 0 Å². The zero-order valence-electron chi connectivity index (χ0n) is 13.2. The van der Waals surface area contributed by atoms with Gasteiger partial charge in [0, 0.05) is 43.8 Å². The van der Waals surface area contributed by atoms with E-state index in [2.05, 4.69) is 20.8 Å². The Balaban J connectivity index is 2.31. The highest BCUT2D eigenvalue weighted by Crippen LogP contribution is 2.35. The summed E-state index contributed by atoms with van der Waals surface area (Å²) in [5.74, 6) is -2.60. The molecular weight excluding hydrogens is 290 g/mol. The quantitative estimate of drug-likeness (QED) is 0.613. The Bertz CT molecular complexity index is 558. The van der Waals surface area contributed by atoms with Gasteiger partial charge in [-0.1, -0.05) is 20.8 Å². The van der Waals surface area contributed by atoms with Crippen molar-refractivity contribution in [3.8, 4) is 0 Å². The number of non-ortho nitro benzene ring substituents is 1. The highest BCUT2D eigenvalue weighted by molar-refractivity contribution is 5.58. The summed E-state index contributed by atoms with van der Waals surface area (Å²) in [6.07, 6.45) is 0.328. The third-order valence-corrected chi connectivity index (χ3v) is 3.83. The van der Waals surface area contributed by atoms with Gasteiger partial charge < -0.3 is 4.90 Å². The summed E-state index contributed by atoms with van der Waals surface area (Å²) in [6, 6.07) is 4.73. The van der Waals surface area contributed by atoms with Crippen LogP contribution in [0.2, 0.25) is 0 Å². The molecule has 0 aliphatic carbocycles. The van der Waals surface area contributed by atoms with E-state index in [1.54, 1.807) is 12.1 Å². The van der Waals surface area contributed by atoms with E-state index in [1.165, 1.54) is 6.07 Å². The minimum atomic E-state index is -2.60. The van der Waals surface area contributed by atoms with Gasteiger partial charge in [-0.2, -0.15) is 0 Å². The second kappa shape index (κ2) is 5.82. The van der Waals surface area contributed by atoms with Crippen molar-refractivity contribution in [1.29, 1.82) is 0 Å². The standard InChI is InChI=1S/C16H22F2N2O2/c1-15(2,3)11-12-10-13(20(21)22)4-5-14(12)19-8-6-16(17,18)7-9-19/h4-5,10H,6-9,11H2,1-3H3. The molecule has 0 unspecified atom stereocenters. The van der Waals surface area contributed by atoms with Crippen LogP contribution in [0.5, 0.6) is 0 Å². The fourth-order valence-corrected chi connectivity index (χ4v) is 2.78. The summed E-state index contributed by atoms with van der Waals surface area (Å²) in [7, 11) is 0. The Morgan fingerprint density at radius 3 is 2.36 bits per heavy atom. The van der Waals surface area contributed by atoms with Gasteiger partial charge in [-0.15, -0.1) is 0 Å². The van der Waals surface area contributed by atoms with Crippen molar-refractivity contribution in [3.63, 3.8) is 0 Å². The maximum absolute atomic E-state index is 13.3. The van der Waals surface area contributed by atoms with E-state index in [4.69, 9.17) is 0 Å². The molecule has 1 saturated heterocycles. The number of nitro benzene ring substituents is 1. The van der Waals surface area contributed by atoms with Crippen molar-refractivity contribution in [2.24, 2.45) is 5.41 Å². The van der Waals surface area contributed by atoms with Gasteiger partial charge in [0.25, 0.3) is 11.6 Å². The molecule has 1 aromatic rings. The van der Waals surface area contributed by atoms with Crippen LogP contribution in [-0.2, 0) is 6.42 Å². The van der Waals surface area contributed by atoms with Crippen LogP contribution in [0, 0.1) is 15.5 Å². The van der Waals surface area contributed by atoms with Gasteiger partial charge in [0.05, 0.1) is 4.92 Å². The molecule has 0 bridgehead atoms. The molecule has 1 aliphatic rings. The molecule has 0 spiro atoms. The van der Waals surface area contributed by atoms with E-state index in [1.807, 2.05) is 4.90 Å². The average molecular weight is 312 g/mol. The molecule has 4 nitrogen and oxygen atoms in total. The predicted molar refractivity (Wildman–Crippen MR) is 82.6 cm³/mol. The summed E-state index contributed by atoms with van der Waals surface area (Å²) in [4.78, 5) is 12.5. The first kappa shape index (κ1) is 16.6. The van der Waals surface area contributed by atoms with E-state index >= 15 is 0 Å². The van der Waals surface area contributed by atoms with Crippen molar-refractivity contribution in [2.75, 3.05) is 18.0 Å². The van der Waals surface area contributed by atoms with Crippen molar-refractivity contribution >= 4 is 11.4 Å². The molecule has 1 aliphatic heterocycles. The van der Waals surface area contributed by atoms with Crippen LogP contribution in [0.4, 0.5) is 20.2 Å². The number of hydrogen-bond donors (Lipinski definition) is 0. The van der Waals surface area contributed by atoms with Gasteiger partial charge in [0.2, 0.25) is 0 Å². The summed E-state index contributed by atoms with van der Waals surface area (Å²) in [5, 5.41) is 11.0. The van der Waals surface area contributed by atoms with Crippen LogP contribution in [0.1, 0.15) is 39.2 Å². The molecule has 2 rings (SSSR count). The SMILES string of the molecule is CC(C)(C)Cc1cc([N+](=O)[O-])ccc1N1CCC(F)(F)CC1. The molecule has 0 atom stereocenters. The summed E-state index contributed by atoms with van der Waals surface area (Å²) >= 11 is 0. The lowest BCUT2D eigenvalue weighted by molar-refractivity contribution is -0.384. The van der Waals surface area contributed by atoms with Crippen molar-refractivity contribution < 1.29 is 13.7 Å². The van der Waals surface area contributed by atoms with Crippen molar-refractivity contribution in [1.82, 2.24) is 0 Å². The number of alkyl halides is 2. The maximum atomic E-state index is 13.3.